The monoisotopic (exact) mass is 459 g/mol. The average Bonchev–Trinajstić information content (AvgIpc) is 2.87. The third-order valence-electron chi connectivity index (χ3n) is 4.92. The molecule has 0 atom stereocenters. The molecule has 5 nitrogen and oxygen atoms in total. The van der Waals surface area contributed by atoms with Crippen molar-refractivity contribution in [3.63, 3.8) is 0 Å². The van der Waals surface area contributed by atoms with Gasteiger partial charge in [-0.2, -0.15) is 15.8 Å². The third-order valence-corrected chi connectivity index (χ3v) is 5.93. The summed E-state index contributed by atoms with van der Waals surface area (Å²) in [6.07, 6.45) is 0. The molecular weight excluding hydrogens is 442 g/mol. The second kappa shape index (κ2) is 10.3. The van der Waals surface area contributed by atoms with Gasteiger partial charge >= 0.3 is 0 Å². The van der Waals surface area contributed by atoms with E-state index in [1.54, 1.807) is 36.0 Å². The van der Waals surface area contributed by atoms with Crippen molar-refractivity contribution in [3.05, 3.63) is 107 Å². The Balaban J connectivity index is 1.39. The molecule has 0 aliphatic carbocycles. The molecule has 0 fully saturated rings. The van der Waals surface area contributed by atoms with Crippen molar-refractivity contribution < 1.29 is 9.47 Å². The van der Waals surface area contributed by atoms with Crippen LogP contribution >= 0.6 is 11.8 Å². The van der Waals surface area contributed by atoms with Gasteiger partial charge in [0.2, 0.25) is 0 Å². The van der Waals surface area contributed by atoms with Gasteiger partial charge in [-0.15, -0.1) is 0 Å². The summed E-state index contributed by atoms with van der Waals surface area (Å²) in [5, 5.41) is 27.4. The summed E-state index contributed by atoms with van der Waals surface area (Å²) in [5.74, 6) is 2.46. The predicted molar refractivity (Wildman–Crippen MR) is 129 cm³/mol. The molecule has 0 aromatic heterocycles. The topological polar surface area (TPSA) is 89.8 Å². The van der Waals surface area contributed by atoms with E-state index in [0.717, 1.165) is 15.4 Å². The minimum absolute atomic E-state index is 0.285. The van der Waals surface area contributed by atoms with Gasteiger partial charge in [0.15, 0.2) is 0 Å². The maximum Gasteiger partial charge on any atom is 0.128 e. The first-order valence-electron chi connectivity index (χ1n) is 10.3. The molecule has 0 saturated carbocycles. The molecule has 4 aromatic rings. The summed E-state index contributed by atoms with van der Waals surface area (Å²) in [7, 11) is 0. The molecule has 0 amide bonds. The minimum Gasteiger partial charge on any atom is -0.457 e. The first-order valence-corrected chi connectivity index (χ1v) is 11.1. The second-order valence-corrected chi connectivity index (χ2v) is 8.42. The van der Waals surface area contributed by atoms with Crippen molar-refractivity contribution in [1.29, 1.82) is 15.8 Å². The number of rotatable bonds is 6. The van der Waals surface area contributed by atoms with E-state index < -0.39 is 0 Å². The number of benzene rings is 4. The molecule has 6 heteroatoms. The fraction of sp³-hybridized carbons (Fsp3) is 0.0357. The number of aryl methyl sites for hydroxylation is 1. The molecular formula is C28H17N3O2S. The molecule has 0 N–H and O–H groups in total. The van der Waals surface area contributed by atoms with E-state index in [9.17, 15) is 5.26 Å². The number of hydrogen-bond acceptors (Lipinski definition) is 6. The normalized spacial score (nSPS) is 9.94. The molecule has 0 spiro atoms. The first kappa shape index (κ1) is 22.5. The van der Waals surface area contributed by atoms with Crippen molar-refractivity contribution in [2.45, 2.75) is 16.7 Å². The zero-order valence-electron chi connectivity index (χ0n) is 18.1. The molecule has 4 rings (SSSR count). The van der Waals surface area contributed by atoms with Gasteiger partial charge in [0, 0.05) is 9.79 Å². The van der Waals surface area contributed by atoms with E-state index in [1.807, 2.05) is 79.7 Å². The average molecular weight is 460 g/mol. The van der Waals surface area contributed by atoms with Crippen molar-refractivity contribution >= 4 is 11.8 Å². The van der Waals surface area contributed by atoms with E-state index in [4.69, 9.17) is 20.0 Å². The Bertz CT molecular complexity index is 1460. The summed E-state index contributed by atoms with van der Waals surface area (Å²) in [4.78, 5) is 2.09. The Morgan fingerprint density at radius 2 is 0.971 bits per heavy atom. The molecule has 0 aliphatic heterocycles. The van der Waals surface area contributed by atoms with E-state index >= 15 is 0 Å². The Hall–Kier alpha value is -4.70. The minimum atomic E-state index is 0.285. The van der Waals surface area contributed by atoms with Crippen molar-refractivity contribution in [3.8, 4) is 41.2 Å². The highest BCUT2D eigenvalue weighted by atomic mass is 32.2. The van der Waals surface area contributed by atoms with Crippen LogP contribution in [0.1, 0.15) is 22.3 Å². The summed E-state index contributed by atoms with van der Waals surface area (Å²) < 4.78 is 11.7. The Morgan fingerprint density at radius 3 is 1.47 bits per heavy atom. The molecule has 4 aromatic carbocycles. The zero-order valence-corrected chi connectivity index (χ0v) is 19.0. The van der Waals surface area contributed by atoms with Crippen LogP contribution in [0.2, 0.25) is 0 Å². The number of nitrogens with zero attached hydrogens (tertiary/aromatic N) is 3. The zero-order chi connectivity index (χ0) is 23.9. The van der Waals surface area contributed by atoms with Crippen LogP contribution in [-0.4, -0.2) is 0 Å². The highest BCUT2D eigenvalue weighted by Crippen LogP contribution is 2.32. The lowest BCUT2D eigenvalue weighted by Crippen LogP contribution is -1.88. The van der Waals surface area contributed by atoms with Gasteiger partial charge in [-0.25, -0.2) is 0 Å². The van der Waals surface area contributed by atoms with Crippen LogP contribution in [0.4, 0.5) is 0 Å². The first-order chi connectivity index (χ1) is 16.6. The number of ether oxygens (including phenoxy) is 2. The molecule has 0 radical (unpaired) electrons. The van der Waals surface area contributed by atoms with Gasteiger partial charge in [0.25, 0.3) is 0 Å². The smallest absolute Gasteiger partial charge is 0.128 e. The Morgan fingerprint density at radius 1 is 0.529 bits per heavy atom. The third kappa shape index (κ3) is 5.37. The van der Waals surface area contributed by atoms with Crippen LogP contribution in [0.5, 0.6) is 23.0 Å². The van der Waals surface area contributed by atoms with Crippen LogP contribution in [0.15, 0.2) is 94.7 Å². The second-order valence-electron chi connectivity index (χ2n) is 7.27. The van der Waals surface area contributed by atoms with E-state index in [2.05, 4.69) is 6.07 Å². The SMILES string of the molecule is Cc1ccc(Oc2ccc(Sc3ccc(Oc4ccc(C#N)c(C#N)c4)cc3)cc2)cc1C#N. The van der Waals surface area contributed by atoms with Crippen molar-refractivity contribution in [2.75, 3.05) is 0 Å². The van der Waals surface area contributed by atoms with Gasteiger partial charge < -0.3 is 9.47 Å². The van der Waals surface area contributed by atoms with Gasteiger partial charge in [-0.05, 0) is 91.3 Å². The van der Waals surface area contributed by atoms with Gasteiger partial charge in [0.1, 0.15) is 35.1 Å². The van der Waals surface area contributed by atoms with Crippen molar-refractivity contribution in [2.24, 2.45) is 0 Å². The maximum atomic E-state index is 9.18. The van der Waals surface area contributed by atoms with E-state index in [-0.39, 0.29) is 5.56 Å². The molecule has 0 aliphatic rings. The summed E-state index contributed by atoms with van der Waals surface area (Å²) in [6, 6.07) is 31.8. The Labute approximate surface area is 202 Å². The van der Waals surface area contributed by atoms with Crippen LogP contribution in [0, 0.1) is 40.9 Å². The fourth-order valence-electron chi connectivity index (χ4n) is 3.12. The van der Waals surface area contributed by atoms with Gasteiger partial charge in [-0.3, -0.25) is 0 Å². The molecule has 0 bridgehead atoms. The Kier molecular flexibility index (Phi) is 6.80. The molecule has 162 valence electrons. The number of nitriles is 3. The van der Waals surface area contributed by atoms with E-state index in [0.29, 0.717) is 34.1 Å². The number of hydrogen-bond donors (Lipinski definition) is 0. The van der Waals surface area contributed by atoms with Crippen LogP contribution in [0.25, 0.3) is 0 Å². The molecule has 34 heavy (non-hydrogen) atoms. The van der Waals surface area contributed by atoms with Crippen LogP contribution in [-0.2, 0) is 0 Å². The van der Waals surface area contributed by atoms with E-state index in [1.165, 1.54) is 0 Å². The standard InChI is InChI=1S/C28H17N3O2S/c1-19-2-4-25(14-21(19)17-30)32-23-6-10-27(11-7-23)34-28-12-8-24(9-13-28)33-26-5-3-20(16-29)22(15-26)18-31/h2-15H,1H3. The van der Waals surface area contributed by atoms with Crippen molar-refractivity contribution in [1.82, 2.24) is 0 Å². The summed E-state index contributed by atoms with van der Waals surface area (Å²) in [6.45, 7) is 1.89. The lowest BCUT2D eigenvalue weighted by Gasteiger charge is -2.09. The highest BCUT2D eigenvalue weighted by molar-refractivity contribution is 7.99. The summed E-state index contributed by atoms with van der Waals surface area (Å²) >= 11 is 1.60. The quantitative estimate of drug-likeness (QED) is 0.299. The van der Waals surface area contributed by atoms with Gasteiger partial charge in [-0.1, -0.05) is 17.8 Å². The maximum absolute atomic E-state index is 9.18. The lowest BCUT2D eigenvalue weighted by atomic mass is 10.1. The molecule has 0 saturated heterocycles. The van der Waals surface area contributed by atoms with Crippen LogP contribution < -0.4 is 9.47 Å². The van der Waals surface area contributed by atoms with Gasteiger partial charge in [0.05, 0.1) is 22.8 Å². The largest absolute Gasteiger partial charge is 0.457 e. The predicted octanol–water partition coefficient (Wildman–Crippen LogP) is 7.35. The highest BCUT2D eigenvalue weighted by Gasteiger charge is 2.06. The molecule has 0 heterocycles. The lowest BCUT2D eigenvalue weighted by molar-refractivity contribution is 0.482. The summed E-state index contributed by atoms with van der Waals surface area (Å²) in [5.41, 5.74) is 2.12. The fourth-order valence-corrected chi connectivity index (χ4v) is 3.94. The molecule has 0 unspecified atom stereocenters. The van der Waals surface area contributed by atoms with Crippen LogP contribution in [0.3, 0.4) is 0 Å².